The Kier molecular flexibility index (Phi) is 2.41. The minimum atomic E-state index is 0.839. The van der Waals surface area contributed by atoms with Crippen LogP contribution in [-0.2, 0) is 4.74 Å². The highest BCUT2D eigenvalue weighted by atomic mass is 16.5. The van der Waals surface area contributed by atoms with Crippen molar-refractivity contribution in [3.8, 4) is 0 Å². The van der Waals surface area contributed by atoms with Crippen molar-refractivity contribution >= 4 is 5.71 Å². The molecule has 0 aromatic carbocycles. The first-order chi connectivity index (χ1) is 6.36. The minimum Gasteiger partial charge on any atom is -0.368 e. The standard InChI is InChI=1S/C11H14NO/c1-10-2-4-11(5-3-10)12-6-8-13-9-7-12/h2-5H,1,6-9H2/q+1. The van der Waals surface area contributed by atoms with Crippen LogP contribution in [0.3, 0.4) is 0 Å². The zero-order valence-corrected chi connectivity index (χ0v) is 7.70. The van der Waals surface area contributed by atoms with Gasteiger partial charge in [-0.15, -0.1) is 0 Å². The zero-order valence-electron chi connectivity index (χ0n) is 7.70. The highest BCUT2D eigenvalue weighted by Crippen LogP contribution is 2.04. The van der Waals surface area contributed by atoms with Crippen molar-refractivity contribution in [3.63, 3.8) is 0 Å². The van der Waals surface area contributed by atoms with Crippen LogP contribution in [0.2, 0.25) is 0 Å². The van der Waals surface area contributed by atoms with Crippen LogP contribution in [0.15, 0.2) is 36.5 Å². The molecule has 0 bridgehead atoms. The summed E-state index contributed by atoms with van der Waals surface area (Å²) in [6.07, 6.45) is 8.33. The molecule has 0 aromatic heterocycles. The second-order valence-corrected chi connectivity index (χ2v) is 3.27. The summed E-state index contributed by atoms with van der Waals surface area (Å²) in [7, 11) is 0. The molecule has 2 nitrogen and oxygen atoms in total. The highest BCUT2D eigenvalue weighted by Gasteiger charge is 2.15. The van der Waals surface area contributed by atoms with E-state index in [-0.39, 0.29) is 0 Å². The Bertz CT molecular complexity index is 284. The third kappa shape index (κ3) is 1.95. The van der Waals surface area contributed by atoms with Gasteiger partial charge in [0.25, 0.3) is 0 Å². The van der Waals surface area contributed by atoms with Crippen LogP contribution in [0, 0.1) is 0 Å². The van der Waals surface area contributed by atoms with Gasteiger partial charge in [0, 0.05) is 12.2 Å². The Balaban J connectivity index is 2.18. The van der Waals surface area contributed by atoms with E-state index in [2.05, 4.69) is 23.3 Å². The van der Waals surface area contributed by atoms with Crippen molar-refractivity contribution in [1.29, 1.82) is 0 Å². The van der Waals surface area contributed by atoms with Crippen molar-refractivity contribution in [3.05, 3.63) is 36.5 Å². The van der Waals surface area contributed by atoms with Gasteiger partial charge in [-0.25, -0.2) is 4.58 Å². The van der Waals surface area contributed by atoms with Gasteiger partial charge >= 0.3 is 0 Å². The fraction of sp³-hybridized carbons (Fsp3) is 0.364. The molecule has 0 aromatic rings. The average molecular weight is 176 g/mol. The molecule has 1 aliphatic carbocycles. The van der Waals surface area contributed by atoms with Crippen LogP contribution in [0.4, 0.5) is 0 Å². The predicted molar refractivity (Wildman–Crippen MR) is 53.2 cm³/mol. The molecule has 68 valence electrons. The van der Waals surface area contributed by atoms with E-state index in [1.54, 1.807) is 0 Å². The van der Waals surface area contributed by atoms with E-state index in [1.165, 1.54) is 5.71 Å². The van der Waals surface area contributed by atoms with E-state index in [1.807, 2.05) is 12.2 Å². The molecule has 2 heteroatoms. The van der Waals surface area contributed by atoms with Gasteiger partial charge in [0.15, 0.2) is 18.8 Å². The summed E-state index contributed by atoms with van der Waals surface area (Å²) in [5.74, 6) is 0. The smallest absolute Gasteiger partial charge is 0.200 e. The molecule has 0 atom stereocenters. The maximum atomic E-state index is 5.29. The predicted octanol–water partition coefficient (Wildman–Crippen LogP) is 1.15. The number of morpholine rings is 1. The average Bonchev–Trinajstić information content (AvgIpc) is 2.20. The maximum absolute atomic E-state index is 5.29. The van der Waals surface area contributed by atoms with Gasteiger partial charge in [0.1, 0.15) is 13.2 Å². The monoisotopic (exact) mass is 176 g/mol. The van der Waals surface area contributed by atoms with Crippen molar-refractivity contribution in [1.82, 2.24) is 0 Å². The Morgan fingerprint density at radius 2 is 1.69 bits per heavy atom. The number of allylic oxidation sites excluding steroid dienone is 5. The summed E-state index contributed by atoms with van der Waals surface area (Å²) in [4.78, 5) is 0. The molecule has 0 amide bonds. The topological polar surface area (TPSA) is 12.2 Å². The number of rotatable bonds is 0. The molecule has 13 heavy (non-hydrogen) atoms. The molecular weight excluding hydrogens is 162 g/mol. The van der Waals surface area contributed by atoms with Gasteiger partial charge in [0.05, 0.1) is 0 Å². The van der Waals surface area contributed by atoms with Crippen LogP contribution in [-0.4, -0.2) is 36.6 Å². The van der Waals surface area contributed by atoms with E-state index >= 15 is 0 Å². The SMILES string of the molecule is C=C1C=CC(=[N+]2CCOCC2)C=C1. The fourth-order valence-corrected chi connectivity index (χ4v) is 1.53. The molecule has 1 saturated heterocycles. The molecule has 0 radical (unpaired) electrons. The Morgan fingerprint density at radius 1 is 1.08 bits per heavy atom. The lowest BCUT2D eigenvalue weighted by atomic mass is 10.1. The first-order valence-electron chi connectivity index (χ1n) is 4.61. The van der Waals surface area contributed by atoms with Crippen LogP contribution in [0.1, 0.15) is 0 Å². The minimum absolute atomic E-state index is 0.839. The summed E-state index contributed by atoms with van der Waals surface area (Å²) in [6.45, 7) is 7.54. The van der Waals surface area contributed by atoms with Gasteiger partial charge in [-0.3, -0.25) is 0 Å². The number of hydrogen-bond donors (Lipinski definition) is 0. The first kappa shape index (κ1) is 8.45. The third-order valence-electron chi connectivity index (χ3n) is 2.31. The largest absolute Gasteiger partial charge is 0.368 e. The quantitative estimate of drug-likeness (QED) is 0.504. The second kappa shape index (κ2) is 3.71. The Morgan fingerprint density at radius 3 is 2.31 bits per heavy atom. The van der Waals surface area contributed by atoms with E-state index in [0.29, 0.717) is 0 Å². The van der Waals surface area contributed by atoms with Gasteiger partial charge in [-0.2, -0.15) is 0 Å². The van der Waals surface area contributed by atoms with E-state index in [0.717, 1.165) is 31.9 Å². The molecule has 0 unspecified atom stereocenters. The molecule has 0 saturated carbocycles. The van der Waals surface area contributed by atoms with Gasteiger partial charge < -0.3 is 4.74 Å². The van der Waals surface area contributed by atoms with Crippen molar-refractivity contribution < 1.29 is 9.31 Å². The van der Waals surface area contributed by atoms with Crippen molar-refractivity contribution in [2.24, 2.45) is 0 Å². The molecule has 1 fully saturated rings. The summed E-state index contributed by atoms with van der Waals surface area (Å²) < 4.78 is 7.63. The Labute approximate surface area is 78.5 Å². The normalized spacial score (nSPS) is 22.6. The maximum Gasteiger partial charge on any atom is 0.200 e. The third-order valence-corrected chi connectivity index (χ3v) is 2.31. The summed E-state index contributed by atoms with van der Waals surface area (Å²) >= 11 is 0. The fourth-order valence-electron chi connectivity index (χ4n) is 1.53. The lowest BCUT2D eigenvalue weighted by Gasteiger charge is -2.13. The van der Waals surface area contributed by atoms with Crippen LogP contribution >= 0.6 is 0 Å². The van der Waals surface area contributed by atoms with Crippen molar-refractivity contribution in [2.45, 2.75) is 0 Å². The molecular formula is C11H14NO+. The zero-order chi connectivity index (χ0) is 9.10. The summed E-state index contributed by atoms with van der Waals surface area (Å²) in [6, 6.07) is 0. The second-order valence-electron chi connectivity index (χ2n) is 3.27. The number of hydrogen-bond acceptors (Lipinski definition) is 1. The van der Waals surface area contributed by atoms with Crippen LogP contribution in [0.25, 0.3) is 0 Å². The molecule has 0 spiro atoms. The van der Waals surface area contributed by atoms with Crippen LogP contribution in [0.5, 0.6) is 0 Å². The Hall–Kier alpha value is -1.15. The summed E-state index contributed by atoms with van der Waals surface area (Å²) in [5, 5.41) is 0. The van der Waals surface area contributed by atoms with E-state index in [4.69, 9.17) is 4.74 Å². The van der Waals surface area contributed by atoms with E-state index < -0.39 is 0 Å². The van der Waals surface area contributed by atoms with Gasteiger partial charge in [-0.05, 0) is 17.7 Å². The van der Waals surface area contributed by atoms with E-state index in [9.17, 15) is 0 Å². The van der Waals surface area contributed by atoms with Crippen LogP contribution < -0.4 is 0 Å². The first-order valence-corrected chi connectivity index (χ1v) is 4.61. The molecule has 1 aliphatic heterocycles. The lowest BCUT2D eigenvalue weighted by Crippen LogP contribution is -2.32. The summed E-state index contributed by atoms with van der Waals surface area (Å²) in [5.41, 5.74) is 2.34. The van der Waals surface area contributed by atoms with Crippen molar-refractivity contribution in [2.75, 3.05) is 26.3 Å². The molecule has 2 aliphatic rings. The number of nitrogens with zero attached hydrogens (tertiary/aromatic N) is 1. The van der Waals surface area contributed by atoms with Gasteiger partial charge in [-0.1, -0.05) is 6.58 Å². The lowest BCUT2D eigenvalue weighted by molar-refractivity contribution is -0.547. The highest BCUT2D eigenvalue weighted by molar-refractivity contribution is 6.02. The molecule has 0 N–H and O–H groups in total. The number of ether oxygens (including phenoxy) is 1. The van der Waals surface area contributed by atoms with Gasteiger partial charge in [0.2, 0.25) is 0 Å². The molecule has 1 heterocycles. The molecule has 2 rings (SSSR count).